The normalized spacial score (nSPS) is 18.1. The van der Waals surface area contributed by atoms with Gasteiger partial charge in [-0.15, -0.1) is 0 Å². The van der Waals surface area contributed by atoms with Gasteiger partial charge in [0.15, 0.2) is 6.10 Å². The van der Waals surface area contributed by atoms with Crippen LogP contribution in [0.3, 0.4) is 0 Å². The molecule has 2 fully saturated rings. The van der Waals surface area contributed by atoms with Gasteiger partial charge < -0.3 is 19.6 Å². The predicted molar refractivity (Wildman–Crippen MR) is 105 cm³/mol. The van der Waals surface area contributed by atoms with Gasteiger partial charge in [-0.3, -0.25) is 9.59 Å². The Morgan fingerprint density at radius 2 is 1.85 bits per heavy atom. The second kappa shape index (κ2) is 10.7. The molecule has 0 aliphatic carbocycles. The molecule has 0 radical (unpaired) electrons. The van der Waals surface area contributed by atoms with Crippen LogP contribution in [0.25, 0.3) is 0 Å². The van der Waals surface area contributed by atoms with Crippen LogP contribution in [0.2, 0.25) is 10.0 Å². The third-order valence-electron chi connectivity index (χ3n) is 4.69. The number of phenolic OH excluding ortho intramolecular Hbond substituents is 1. The highest BCUT2D eigenvalue weighted by Gasteiger charge is 2.30. The maximum absolute atomic E-state index is 12.3. The first-order valence-corrected chi connectivity index (χ1v) is 9.91. The number of benzene rings is 1. The van der Waals surface area contributed by atoms with E-state index in [9.17, 15) is 9.59 Å². The lowest BCUT2D eigenvalue weighted by atomic mass is 10.1. The van der Waals surface area contributed by atoms with E-state index >= 15 is 0 Å². The van der Waals surface area contributed by atoms with Crippen molar-refractivity contribution in [3.05, 3.63) is 28.2 Å². The second-order valence-corrected chi connectivity index (χ2v) is 7.47. The monoisotopic (exact) mass is 416 g/mol. The lowest BCUT2D eigenvalue weighted by Crippen LogP contribution is -2.47. The molecule has 6 nitrogen and oxygen atoms in total. The number of ether oxygens (including phenoxy) is 1. The van der Waals surface area contributed by atoms with Crippen LogP contribution < -0.4 is 0 Å². The molecule has 2 saturated heterocycles. The van der Waals surface area contributed by atoms with Gasteiger partial charge in [0, 0.05) is 33.2 Å². The average molecular weight is 417 g/mol. The minimum atomic E-state index is -0.495. The van der Waals surface area contributed by atoms with E-state index in [-0.39, 0.29) is 17.6 Å². The van der Waals surface area contributed by atoms with Crippen molar-refractivity contribution in [3.8, 4) is 5.75 Å². The number of carbonyl (C=O) groups excluding carboxylic acids is 2. The molecular weight excluding hydrogens is 391 g/mol. The zero-order valence-corrected chi connectivity index (χ0v) is 17.0. The standard InChI is InChI=1S/C13H22N2O3.C6H4Cl2O/c1-18-11(10-15-9-5-6-12(15)16)13(17)14-7-3-2-4-8-14;7-5-2-1-4(9)3-6(5)8/h11H,2-10H2,1H3;1-3,9H. The molecule has 27 heavy (non-hydrogen) atoms. The lowest BCUT2D eigenvalue weighted by molar-refractivity contribution is -0.145. The maximum Gasteiger partial charge on any atom is 0.253 e. The molecule has 1 N–H and O–H groups in total. The molecule has 8 heteroatoms. The maximum atomic E-state index is 12.3. The zero-order valence-electron chi connectivity index (χ0n) is 15.5. The molecule has 2 aliphatic rings. The molecule has 0 saturated carbocycles. The molecule has 0 aromatic heterocycles. The van der Waals surface area contributed by atoms with Gasteiger partial charge in [-0.2, -0.15) is 0 Å². The van der Waals surface area contributed by atoms with E-state index in [4.69, 9.17) is 33.0 Å². The molecule has 1 atom stereocenters. The van der Waals surface area contributed by atoms with Gasteiger partial charge in [0.1, 0.15) is 5.75 Å². The van der Waals surface area contributed by atoms with E-state index in [1.54, 1.807) is 18.1 Å². The van der Waals surface area contributed by atoms with Gasteiger partial charge in [0.05, 0.1) is 16.6 Å². The van der Waals surface area contributed by atoms with Crippen LogP contribution >= 0.6 is 23.2 Å². The minimum absolute atomic E-state index is 0.0388. The molecule has 150 valence electrons. The average Bonchev–Trinajstić information content (AvgIpc) is 3.08. The highest BCUT2D eigenvalue weighted by molar-refractivity contribution is 6.42. The number of likely N-dealkylation sites (tertiary alicyclic amines) is 2. The summed E-state index contributed by atoms with van der Waals surface area (Å²) in [5.74, 6) is 0.310. The summed E-state index contributed by atoms with van der Waals surface area (Å²) in [5, 5.41) is 9.62. The largest absolute Gasteiger partial charge is 0.508 e. The fraction of sp³-hybridized carbons (Fsp3) is 0.579. The molecule has 2 heterocycles. The summed E-state index contributed by atoms with van der Waals surface area (Å²) < 4.78 is 5.29. The van der Waals surface area contributed by atoms with Crippen molar-refractivity contribution in [2.75, 3.05) is 33.3 Å². The number of carbonyl (C=O) groups is 2. The lowest BCUT2D eigenvalue weighted by Gasteiger charge is -2.31. The highest BCUT2D eigenvalue weighted by atomic mass is 35.5. The van der Waals surface area contributed by atoms with Gasteiger partial charge in [-0.25, -0.2) is 0 Å². The Labute approximate surface area is 170 Å². The number of hydrogen-bond donors (Lipinski definition) is 1. The molecular formula is C19H26Cl2N2O4. The zero-order chi connectivity index (χ0) is 19.8. The number of hydrogen-bond acceptors (Lipinski definition) is 4. The topological polar surface area (TPSA) is 70.1 Å². The molecule has 2 aliphatic heterocycles. The van der Waals surface area contributed by atoms with Crippen LogP contribution in [-0.4, -0.2) is 66.1 Å². The highest BCUT2D eigenvalue weighted by Crippen LogP contribution is 2.25. The summed E-state index contributed by atoms with van der Waals surface area (Å²) in [5.41, 5.74) is 0. The van der Waals surface area contributed by atoms with Gasteiger partial charge in [-0.1, -0.05) is 23.2 Å². The molecule has 2 amide bonds. The van der Waals surface area contributed by atoms with Gasteiger partial charge in [0.25, 0.3) is 5.91 Å². The molecule has 1 aromatic carbocycles. The van der Waals surface area contributed by atoms with Crippen molar-refractivity contribution in [1.29, 1.82) is 0 Å². The van der Waals surface area contributed by atoms with E-state index in [0.717, 1.165) is 38.9 Å². The van der Waals surface area contributed by atoms with Gasteiger partial charge in [-0.05, 0) is 43.9 Å². The summed E-state index contributed by atoms with van der Waals surface area (Å²) in [6.07, 6.45) is 4.36. The van der Waals surface area contributed by atoms with Crippen molar-refractivity contribution < 1.29 is 19.4 Å². The minimum Gasteiger partial charge on any atom is -0.508 e. The Hall–Kier alpha value is -1.50. The SMILES string of the molecule is COC(CN1CCCC1=O)C(=O)N1CCCCC1.Oc1ccc(Cl)c(Cl)c1. The quantitative estimate of drug-likeness (QED) is 0.816. The van der Waals surface area contributed by atoms with Crippen molar-refractivity contribution in [3.63, 3.8) is 0 Å². The Balaban J connectivity index is 0.000000244. The first-order valence-electron chi connectivity index (χ1n) is 9.15. The first kappa shape index (κ1) is 21.8. The Kier molecular flexibility index (Phi) is 8.67. The number of aromatic hydroxyl groups is 1. The van der Waals surface area contributed by atoms with Gasteiger partial charge in [0.2, 0.25) is 5.91 Å². The van der Waals surface area contributed by atoms with Crippen LogP contribution in [0.15, 0.2) is 18.2 Å². The van der Waals surface area contributed by atoms with E-state index < -0.39 is 6.10 Å². The van der Waals surface area contributed by atoms with Crippen LogP contribution in [-0.2, 0) is 14.3 Å². The number of methoxy groups -OCH3 is 1. The summed E-state index contributed by atoms with van der Waals surface area (Å²) >= 11 is 11.1. The van der Waals surface area contributed by atoms with E-state index in [2.05, 4.69) is 0 Å². The van der Waals surface area contributed by atoms with Crippen LogP contribution in [0.4, 0.5) is 0 Å². The summed E-state index contributed by atoms with van der Waals surface area (Å²) in [7, 11) is 1.55. The van der Waals surface area contributed by atoms with Crippen molar-refractivity contribution in [2.45, 2.75) is 38.2 Å². The molecule has 3 rings (SSSR count). The fourth-order valence-electron chi connectivity index (χ4n) is 3.15. The Bertz CT molecular complexity index is 651. The predicted octanol–water partition coefficient (Wildman–Crippen LogP) is 3.34. The molecule has 1 unspecified atom stereocenters. The number of phenols is 1. The number of halogens is 2. The van der Waals surface area contributed by atoms with E-state index in [1.807, 2.05) is 4.90 Å². The third-order valence-corrected chi connectivity index (χ3v) is 5.43. The number of nitrogens with zero attached hydrogens (tertiary/aromatic N) is 2. The number of rotatable bonds is 4. The molecule has 0 spiro atoms. The number of amides is 2. The molecule has 0 bridgehead atoms. The third kappa shape index (κ3) is 6.55. The Morgan fingerprint density at radius 1 is 1.15 bits per heavy atom. The smallest absolute Gasteiger partial charge is 0.253 e. The first-order chi connectivity index (χ1) is 12.9. The second-order valence-electron chi connectivity index (χ2n) is 6.65. The van der Waals surface area contributed by atoms with Crippen molar-refractivity contribution in [2.24, 2.45) is 0 Å². The Morgan fingerprint density at radius 3 is 2.37 bits per heavy atom. The van der Waals surface area contributed by atoms with Crippen LogP contribution in [0, 0.1) is 0 Å². The molecule has 1 aromatic rings. The summed E-state index contributed by atoms with van der Waals surface area (Å²) in [6.45, 7) is 2.82. The summed E-state index contributed by atoms with van der Waals surface area (Å²) in [6, 6.07) is 4.41. The van der Waals surface area contributed by atoms with E-state index in [0.29, 0.717) is 23.0 Å². The van der Waals surface area contributed by atoms with Crippen molar-refractivity contribution in [1.82, 2.24) is 9.80 Å². The van der Waals surface area contributed by atoms with Gasteiger partial charge >= 0.3 is 0 Å². The number of piperidine rings is 1. The van der Waals surface area contributed by atoms with Crippen LogP contribution in [0.1, 0.15) is 32.1 Å². The van der Waals surface area contributed by atoms with Crippen molar-refractivity contribution >= 4 is 35.0 Å². The van der Waals surface area contributed by atoms with E-state index in [1.165, 1.54) is 18.6 Å². The summed E-state index contributed by atoms with van der Waals surface area (Å²) in [4.78, 5) is 27.5. The fourth-order valence-corrected chi connectivity index (χ4v) is 3.45. The van der Waals surface area contributed by atoms with Crippen LogP contribution in [0.5, 0.6) is 5.75 Å².